The minimum atomic E-state index is -0.0960. The molecule has 0 spiro atoms. The van der Waals surface area contributed by atoms with Crippen LogP contribution in [0, 0.1) is 0 Å². The predicted octanol–water partition coefficient (Wildman–Crippen LogP) is 2.89. The summed E-state index contributed by atoms with van der Waals surface area (Å²) in [5.74, 6) is 1.96. The van der Waals surface area contributed by atoms with E-state index < -0.39 is 0 Å². The molecule has 8 aromatic rings. The first kappa shape index (κ1) is 37.0. The number of hydrogen-bond donors (Lipinski definition) is 0. The van der Waals surface area contributed by atoms with Gasteiger partial charge in [0.15, 0.2) is 11.6 Å². The zero-order chi connectivity index (χ0) is 40.7. The second-order valence-corrected chi connectivity index (χ2v) is 17.0. The van der Waals surface area contributed by atoms with E-state index in [1.54, 1.807) is 0 Å². The predicted molar refractivity (Wildman–Crippen MR) is 264 cm³/mol. The summed E-state index contributed by atoms with van der Waals surface area (Å²) in [4.78, 5) is 18.8. The van der Waals surface area contributed by atoms with Gasteiger partial charge >= 0.3 is 0 Å². The molecule has 59 heavy (non-hydrogen) atoms. The summed E-state index contributed by atoms with van der Waals surface area (Å²) in [6.07, 6.45) is 9.79. The van der Waals surface area contributed by atoms with Crippen LogP contribution in [0.3, 0.4) is 0 Å². The van der Waals surface area contributed by atoms with E-state index in [1.807, 2.05) is 0 Å². The van der Waals surface area contributed by atoms with Gasteiger partial charge in [-0.1, -0.05) is 134 Å². The van der Waals surface area contributed by atoms with Crippen LogP contribution in [0.2, 0.25) is 0 Å². The van der Waals surface area contributed by atoms with Crippen molar-refractivity contribution in [2.45, 2.75) is 31.7 Å². The topological polar surface area (TPSA) is 46.8 Å². The normalized spacial score (nSPS) is 15.1. The zero-order valence-electron chi connectivity index (χ0n) is 35.2. The number of anilines is 1. The molecule has 0 aliphatic heterocycles. The van der Waals surface area contributed by atoms with Gasteiger partial charge in [0, 0.05) is 45.6 Å². The number of nitrogens with zero attached hydrogens (tertiary/aromatic N) is 5. The molecule has 5 nitrogen and oxygen atoms in total. The number of allylic oxidation sites excluding steroid dienone is 2. The van der Waals surface area contributed by atoms with Crippen LogP contribution in [0.1, 0.15) is 31.4 Å². The van der Waals surface area contributed by atoms with Crippen molar-refractivity contribution in [1.82, 2.24) is 19.5 Å². The molecule has 2 aromatic heterocycles. The molecule has 0 bridgehead atoms. The number of aromatic nitrogens is 4. The number of fused-ring (bicyclic) bond motifs is 6. The fourth-order valence-corrected chi connectivity index (χ4v) is 9.79. The monoisotopic (exact) mass is 757 g/mol. The minimum Gasteiger partial charge on any atom is -0.367 e. The van der Waals surface area contributed by atoms with Crippen LogP contribution in [0.25, 0.3) is 72.8 Å². The molecule has 2 heterocycles. The van der Waals surface area contributed by atoms with Gasteiger partial charge in [0.05, 0.1) is 17.1 Å². The Bertz CT molecular complexity index is 3070. The lowest BCUT2D eigenvalue weighted by molar-refractivity contribution is 0.660. The van der Waals surface area contributed by atoms with E-state index in [9.17, 15) is 0 Å². The number of likely N-dealkylation sites (N-methyl/N-ethyl adjacent to an activating group) is 1. The Hall–Kier alpha value is -6.27. The molecular weight excluding hydrogens is 713 g/mol. The Labute approximate surface area is 351 Å². The molecule has 280 valence electrons. The number of rotatable bonds is 6. The molecule has 1 atom stereocenters. The first-order chi connectivity index (χ1) is 28.5. The summed E-state index contributed by atoms with van der Waals surface area (Å²) in [6, 6.07) is 40.0. The van der Waals surface area contributed by atoms with Crippen molar-refractivity contribution in [3.63, 3.8) is 0 Å². The van der Waals surface area contributed by atoms with Gasteiger partial charge in [-0.2, -0.15) is 9.97 Å². The second-order valence-electron chi connectivity index (χ2n) is 17.0. The molecule has 0 radical (unpaired) electrons. The highest BCUT2D eigenvalue weighted by molar-refractivity contribution is 6.68. The zero-order valence-corrected chi connectivity index (χ0v) is 35.2. The van der Waals surface area contributed by atoms with Gasteiger partial charge < -0.3 is 4.90 Å². The van der Waals surface area contributed by atoms with Gasteiger partial charge in [-0.15, -0.1) is 16.4 Å². The van der Waals surface area contributed by atoms with Gasteiger partial charge in [-0.3, -0.25) is 4.57 Å². The highest BCUT2D eigenvalue weighted by atomic mass is 15.2. The number of para-hydroxylation sites is 1. The summed E-state index contributed by atoms with van der Waals surface area (Å²) in [5.41, 5.74) is 19.0. The van der Waals surface area contributed by atoms with Gasteiger partial charge in [-0.25, -0.2) is 4.98 Å². The highest BCUT2D eigenvalue weighted by Gasteiger charge is 2.35. The maximum absolute atomic E-state index is 5.49. The van der Waals surface area contributed by atoms with Gasteiger partial charge in [0.1, 0.15) is 39.2 Å². The molecule has 0 N–H and O–H groups in total. The van der Waals surface area contributed by atoms with Crippen molar-refractivity contribution in [2.24, 2.45) is 0 Å². The van der Waals surface area contributed by atoms with E-state index in [2.05, 4.69) is 203 Å². The third-order valence-electron chi connectivity index (χ3n) is 13.6. The van der Waals surface area contributed by atoms with Crippen molar-refractivity contribution in [2.75, 3.05) is 11.9 Å². The van der Waals surface area contributed by atoms with Crippen LogP contribution in [0.15, 0.2) is 133 Å². The quantitative estimate of drug-likeness (QED) is 0.245. The lowest BCUT2D eigenvalue weighted by Gasteiger charge is -2.30. The summed E-state index contributed by atoms with van der Waals surface area (Å²) < 4.78 is 2.27. The molecule has 10 heteroatoms. The molecule has 1 unspecified atom stereocenters. The first-order valence-electron chi connectivity index (χ1n) is 20.8. The molecule has 0 fully saturated rings. The Kier molecular flexibility index (Phi) is 8.75. The number of hydrogen-bond acceptors (Lipinski definition) is 4. The van der Waals surface area contributed by atoms with Crippen LogP contribution in [0.4, 0.5) is 5.69 Å². The van der Waals surface area contributed by atoms with E-state index in [0.717, 1.165) is 45.0 Å². The Balaban J connectivity index is 1.27. The SMILES string of the molecule is Bc1c(B)c(B)c(-c2nc(-c3ccc4c(c3)-c3ccccc3C4(C)C)nc(-n3c4ccccc4c4cc(-c5ccccc5)c(N(C)C5C=CC=CC5)cc43)n2)c(B)c1B. The van der Waals surface area contributed by atoms with E-state index >= 15 is 0 Å². The van der Waals surface area contributed by atoms with Crippen LogP contribution >= 0.6 is 0 Å². The fourth-order valence-electron chi connectivity index (χ4n) is 9.79. The van der Waals surface area contributed by atoms with E-state index in [1.165, 1.54) is 60.7 Å². The first-order valence-corrected chi connectivity index (χ1v) is 20.8. The molecule has 6 aromatic carbocycles. The largest absolute Gasteiger partial charge is 0.367 e. The summed E-state index contributed by atoms with van der Waals surface area (Å²) in [7, 11) is 13.3. The van der Waals surface area contributed by atoms with Crippen LogP contribution < -0.4 is 32.2 Å². The van der Waals surface area contributed by atoms with Gasteiger partial charge in [-0.05, 0) is 58.5 Å². The molecular formula is C49H44B5N5. The summed E-state index contributed by atoms with van der Waals surface area (Å²) in [6.45, 7) is 4.64. The summed E-state index contributed by atoms with van der Waals surface area (Å²) in [5, 5.41) is 2.31. The van der Waals surface area contributed by atoms with Gasteiger partial charge in [0.25, 0.3) is 0 Å². The van der Waals surface area contributed by atoms with Crippen molar-refractivity contribution in [1.29, 1.82) is 0 Å². The fraction of sp³-hybridized carbons (Fsp3) is 0.122. The van der Waals surface area contributed by atoms with E-state index in [-0.39, 0.29) is 11.5 Å². The Morgan fingerprint density at radius 2 is 1.27 bits per heavy atom. The highest BCUT2D eigenvalue weighted by Crippen LogP contribution is 2.49. The Morgan fingerprint density at radius 1 is 0.593 bits per heavy atom. The molecule has 0 amide bonds. The second kappa shape index (κ2) is 13.9. The van der Waals surface area contributed by atoms with Crippen LogP contribution in [-0.2, 0) is 5.41 Å². The van der Waals surface area contributed by atoms with E-state index in [0.29, 0.717) is 17.6 Å². The van der Waals surface area contributed by atoms with Crippen LogP contribution in [-0.4, -0.2) is 71.8 Å². The maximum atomic E-state index is 5.49. The Morgan fingerprint density at radius 3 is 2.03 bits per heavy atom. The average molecular weight is 757 g/mol. The van der Waals surface area contributed by atoms with Crippen LogP contribution in [0.5, 0.6) is 0 Å². The average Bonchev–Trinajstić information content (AvgIpc) is 3.72. The molecule has 0 saturated carbocycles. The third-order valence-corrected chi connectivity index (χ3v) is 13.6. The van der Waals surface area contributed by atoms with E-state index in [4.69, 9.17) is 15.0 Å². The van der Waals surface area contributed by atoms with Gasteiger partial charge in [0.2, 0.25) is 5.95 Å². The van der Waals surface area contributed by atoms with Crippen molar-refractivity contribution < 1.29 is 0 Å². The molecule has 10 rings (SSSR count). The van der Waals surface area contributed by atoms with Crippen molar-refractivity contribution in [3.8, 4) is 51.0 Å². The standard InChI is InChI=1S/C49H44B5N5/c1-49(2)35-20-12-10-18-30(35)33-24-28(22-23-36(33)49)46-55-47(40-41(50)43(52)45(54)44(53)42(40)51)57-48(56-46)59-37-21-13-11-19-31(37)34-25-32(27-14-6-4-7-15-27)38(26-39(34)59)58(3)29-16-8-5-9-17-29/h4-16,18-26,29H,17,50-54H2,1-3H3. The van der Waals surface area contributed by atoms with Crippen molar-refractivity contribution >= 4 is 94.0 Å². The maximum Gasteiger partial charge on any atom is 0.238 e. The smallest absolute Gasteiger partial charge is 0.238 e. The molecule has 2 aliphatic carbocycles. The lowest BCUT2D eigenvalue weighted by atomic mass is 9.60. The lowest BCUT2D eigenvalue weighted by Crippen LogP contribution is -2.55. The van der Waals surface area contributed by atoms with Crippen molar-refractivity contribution in [3.05, 3.63) is 145 Å². The minimum absolute atomic E-state index is 0.0960. The third kappa shape index (κ3) is 5.78. The number of benzene rings is 6. The molecule has 2 aliphatic rings. The summed E-state index contributed by atoms with van der Waals surface area (Å²) >= 11 is 0. The molecule has 0 saturated heterocycles.